The second-order valence-electron chi connectivity index (χ2n) is 4.92. The van der Waals surface area contributed by atoms with Gasteiger partial charge in [-0.25, -0.2) is 4.98 Å². The summed E-state index contributed by atoms with van der Waals surface area (Å²) < 4.78 is 0. The van der Waals surface area contributed by atoms with Crippen molar-refractivity contribution in [2.75, 3.05) is 6.54 Å². The maximum absolute atomic E-state index is 12.7. The number of hydrogen-bond donors (Lipinski definition) is 0. The monoisotopic (exact) mass is 321 g/mol. The Kier molecular flexibility index (Phi) is 4.08. The van der Waals surface area contributed by atoms with Crippen molar-refractivity contribution in [2.24, 2.45) is 0 Å². The second-order valence-corrected chi connectivity index (χ2v) is 5.72. The molecule has 1 amide bonds. The van der Waals surface area contributed by atoms with E-state index in [-0.39, 0.29) is 17.1 Å². The number of nitrogens with zero attached hydrogens (tertiary/aromatic N) is 3. The number of pyridine rings is 2. The zero-order chi connectivity index (χ0) is 14.8. The molecule has 1 saturated heterocycles. The molecule has 0 radical (unpaired) electrons. The minimum absolute atomic E-state index is 0.0588. The lowest BCUT2D eigenvalue weighted by atomic mass is 10.1. The van der Waals surface area contributed by atoms with Crippen molar-refractivity contribution in [2.45, 2.75) is 18.9 Å². The molecular formula is C15H13Cl2N3O. The minimum Gasteiger partial charge on any atom is -0.332 e. The average Bonchev–Trinajstić information content (AvgIpc) is 2.99. The highest BCUT2D eigenvalue weighted by molar-refractivity contribution is 6.35. The van der Waals surface area contributed by atoms with Gasteiger partial charge in [0.25, 0.3) is 5.91 Å². The van der Waals surface area contributed by atoms with E-state index in [1.807, 2.05) is 17.0 Å². The maximum atomic E-state index is 12.7. The molecule has 2 aromatic heterocycles. The summed E-state index contributed by atoms with van der Waals surface area (Å²) in [6, 6.07) is 5.46. The Morgan fingerprint density at radius 3 is 2.81 bits per heavy atom. The summed E-state index contributed by atoms with van der Waals surface area (Å²) >= 11 is 12.0. The topological polar surface area (TPSA) is 46.1 Å². The van der Waals surface area contributed by atoms with E-state index >= 15 is 0 Å². The van der Waals surface area contributed by atoms with Crippen molar-refractivity contribution >= 4 is 29.1 Å². The molecule has 21 heavy (non-hydrogen) atoms. The second kappa shape index (κ2) is 6.00. The molecule has 0 N–H and O–H groups in total. The smallest absolute Gasteiger partial charge is 0.256 e. The first-order valence-electron chi connectivity index (χ1n) is 6.69. The first-order chi connectivity index (χ1) is 10.2. The normalized spacial score (nSPS) is 18.0. The summed E-state index contributed by atoms with van der Waals surface area (Å²) in [6.45, 7) is 0.710. The summed E-state index contributed by atoms with van der Waals surface area (Å²) in [4.78, 5) is 22.5. The molecule has 1 atom stereocenters. The molecule has 0 bridgehead atoms. The molecule has 0 saturated carbocycles. The molecule has 1 aliphatic rings. The van der Waals surface area contributed by atoms with E-state index in [0.29, 0.717) is 17.1 Å². The van der Waals surface area contributed by atoms with E-state index in [0.717, 1.165) is 18.4 Å². The lowest BCUT2D eigenvalue weighted by Gasteiger charge is -2.25. The third-order valence-corrected chi connectivity index (χ3v) is 4.16. The summed E-state index contributed by atoms with van der Waals surface area (Å²) in [5.41, 5.74) is 1.49. The fourth-order valence-corrected chi connectivity index (χ4v) is 3.02. The quantitative estimate of drug-likeness (QED) is 0.791. The molecule has 108 valence electrons. The van der Waals surface area contributed by atoms with Gasteiger partial charge in [0, 0.05) is 25.1 Å². The lowest BCUT2D eigenvalue weighted by Crippen LogP contribution is -2.30. The van der Waals surface area contributed by atoms with Crippen LogP contribution >= 0.6 is 23.2 Å². The van der Waals surface area contributed by atoms with E-state index in [1.54, 1.807) is 12.4 Å². The van der Waals surface area contributed by atoms with Gasteiger partial charge in [-0.05, 0) is 36.6 Å². The Morgan fingerprint density at radius 1 is 1.29 bits per heavy atom. The molecule has 0 aliphatic carbocycles. The Labute approximate surface area is 132 Å². The lowest BCUT2D eigenvalue weighted by molar-refractivity contribution is 0.0735. The van der Waals surface area contributed by atoms with Gasteiger partial charge in [0.1, 0.15) is 5.15 Å². The van der Waals surface area contributed by atoms with Crippen molar-refractivity contribution in [1.29, 1.82) is 0 Å². The van der Waals surface area contributed by atoms with E-state index < -0.39 is 0 Å². The van der Waals surface area contributed by atoms with Crippen molar-refractivity contribution in [3.63, 3.8) is 0 Å². The standard InChI is InChI=1S/C15H13Cl2N3O/c16-12-9-19-14(17)8-11(12)15(21)20-7-1-2-13(20)10-3-5-18-6-4-10/h3-6,8-9,13H,1-2,7H2. The van der Waals surface area contributed by atoms with Gasteiger partial charge < -0.3 is 4.90 Å². The zero-order valence-corrected chi connectivity index (χ0v) is 12.7. The first kappa shape index (κ1) is 14.3. The highest BCUT2D eigenvalue weighted by Crippen LogP contribution is 2.34. The molecule has 0 aromatic carbocycles. The van der Waals surface area contributed by atoms with Crippen LogP contribution in [0.25, 0.3) is 0 Å². The van der Waals surface area contributed by atoms with Gasteiger partial charge in [-0.1, -0.05) is 23.2 Å². The van der Waals surface area contributed by atoms with E-state index in [4.69, 9.17) is 23.2 Å². The fourth-order valence-electron chi connectivity index (χ4n) is 2.67. The molecule has 6 heteroatoms. The number of carbonyl (C=O) groups is 1. The van der Waals surface area contributed by atoms with E-state index in [1.165, 1.54) is 12.3 Å². The third kappa shape index (κ3) is 2.87. The number of likely N-dealkylation sites (tertiary alicyclic amines) is 1. The predicted molar refractivity (Wildman–Crippen MR) is 81.5 cm³/mol. The molecule has 0 spiro atoms. The summed E-state index contributed by atoms with van der Waals surface area (Å²) in [5.74, 6) is -0.108. The zero-order valence-electron chi connectivity index (χ0n) is 11.2. The van der Waals surface area contributed by atoms with Gasteiger partial charge in [0.2, 0.25) is 0 Å². The van der Waals surface area contributed by atoms with E-state index in [9.17, 15) is 4.79 Å². The molecule has 1 unspecified atom stereocenters. The molecule has 3 heterocycles. The van der Waals surface area contributed by atoms with Gasteiger partial charge in [-0.3, -0.25) is 9.78 Å². The number of carbonyl (C=O) groups excluding carboxylic acids is 1. The van der Waals surface area contributed by atoms with Crippen LogP contribution in [0.1, 0.15) is 34.8 Å². The van der Waals surface area contributed by atoms with Gasteiger partial charge in [0.15, 0.2) is 0 Å². The van der Waals surface area contributed by atoms with Crippen molar-refractivity contribution < 1.29 is 4.79 Å². The van der Waals surface area contributed by atoms with Gasteiger partial charge in [0.05, 0.1) is 16.6 Å². The Bertz CT molecular complexity index is 663. The van der Waals surface area contributed by atoms with Crippen LogP contribution < -0.4 is 0 Å². The van der Waals surface area contributed by atoms with Crippen LogP contribution in [0.15, 0.2) is 36.8 Å². The molecule has 1 fully saturated rings. The number of amides is 1. The molecule has 2 aromatic rings. The molecule has 4 nitrogen and oxygen atoms in total. The van der Waals surface area contributed by atoms with Gasteiger partial charge >= 0.3 is 0 Å². The minimum atomic E-state index is -0.108. The summed E-state index contributed by atoms with van der Waals surface area (Å²) in [7, 11) is 0. The van der Waals surface area contributed by atoms with Crippen LogP contribution in [0, 0.1) is 0 Å². The van der Waals surface area contributed by atoms with Crippen LogP contribution in [-0.4, -0.2) is 27.3 Å². The first-order valence-corrected chi connectivity index (χ1v) is 7.44. The Balaban J connectivity index is 1.92. The number of aromatic nitrogens is 2. The van der Waals surface area contributed by atoms with Crippen LogP contribution in [0.2, 0.25) is 10.2 Å². The molecule has 3 rings (SSSR count). The fraction of sp³-hybridized carbons (Fsp3) is 0.267. The largest absolute Gasteiger partial charge is 0.332 e. The SMILES string of the molecule is O=C(c1cc(Cl)ncc1Cl)N1CCCC1c1ccncc1. The van der Waals surface area contributed by atoms with Crippen molar-refractivity contribution in [1.82, 2.24) is 14.9 Å². The van der Waals surface area contributed by atoms with Crippen LogP contribution in [0.3, 0.4) is 0 Å². The van der Waals surface area contributed by atoms with Crippen molar-refractivity contribution in [3.8, 4) is 0 Å². The van der Waals surface area contributed by atoms with Crippen LogP contribution in [0.5, 0.6) is 0 Å². The third-order valence-electron chi connectivity index (χ3n) is 3.66. The predicted octanol–water partition coefficient (Wildman–Crippen LogP) is 3.76. The Morgan fingerprint density at radius 2 is 2.05 bits per heavy atom. The number of rotatable bonds is 2. The highest BCUT2D eigenvalue weighted by Gasteiger charge is 2.31. The number of halogens is 2. The van der Waals surface area contributed by atoms with Crippen molar-refractivity contribution in [3.05, 3.63) is 58.1 Å². The Hall–Kier alpha value is -1.65. The van der Waals surface area contributed by atoms with Crippen LogP contribution in [-0.2, 0) is 0 Å². The van der Waals surface area contributed by atoms with Crippen LogP contribution in [0.4, 0.5) is 0 Å². The number of hydrogen-bond acceptors (Lipinski definition) is 3. The highest BCUT2D eigenvalue weighted by atomic mass is 35.5. The molecular weight excluding hydrogens is 309 g/mol. The van der Waals surface area contributed by atoms with Gasteiger partial charge in [-0.15, -0.1) is 0 Å². The summed E-state index contributed by atoms with van der Waals surface area (Å²) in [5, 5.41) is 0.590. The molecule has 1 aliphatic heterocycles. The average molecular weight is 322 g/mol. The summed E-state index contributed by atoms with van der Waals surface area (Å²) in [6.07, 6.45) is 6.80. The maximum Gasteiger partial charge on any atom is 0.256 e. The van der Waals surface area contributed by atoms with E-state index in [2.05, 4.69) is 9.97 Å². The van der Waals surface area contributed by atoms with Gasteiger partial charge in [-0.2, -0.15) is 0 Å².